The number of hydrogen-bond donors (Lipinski definition) is 0. The predicted molar refractivity (Wildman–Crippen MR) is 37.3 cm³/mol. The average molecular weight is 208 g/mol. The van der Waals surface area contributed by atoms with E-state index < -0.39 is 34.1 Å². The molecule has 8 heteroatoms. The van der Waals surface area contributed by atoms with Crippen molar-refractivity contribution in [2.45, 2.75) is 0 Å². The summed E-state index contributed by atoms with van der Waals surface area (Å²) in [6.07, 6.45) is 0. The Morgan fingerprint density at radius 2 is 1.93 bits per heavy atom. The molecule has 0 amide bonds. The van der Waals surface area contributed by atoms with E-state index in [0.717, 1.165) is 7.11 Å². The fourth-order valence-corrected chi connectivity index (χ4v) is 0.778. The molecule has 0 saturated heterocycles. The van der Waals surface area contributed by atoms with Crippen LogP contribution in [0.5, 0.6) is 5.88 Å². The van der Waals surface area contributed by atoms with E-state index in [4.69, 9.17) is 0 Å². The third kappa shape index (κ3) is 1.45. The molecule has 76 valence electrons. The number of pyridine rings is 1. The quantitative estimate of drug-likeness (QED) is 0.418. The van der Waals surface area contributed by atoms with Crippen molar-refractivity contribution in [3.8, 4) is 5.88 Å². The molecule has 5 nitrogen and oxygen atoms in total. The normalized spacial score (nSPS) is 10.0. The molecule has 0 saturated carbocycles. The van der Waals surface area contributed by atoms with Gasteiger partial charge in [0.2, 0.25) is 0 Å². The van der Waals surface area contributed by atoms with Crippen LogP contribution in [0.3, 0.4) is 0 Å². The third-order valence-electron chi connectivity index (χ3n) is 1.36. The second-order valence-electron chi connectivity index (χ2n) is 2.15. The number of nitrogens with zero attached hydrogens (tertiary/aromatic N) is 2. The molecule has 14 heavy (non-hydrogen) atoms. The lowest BCUT2D eigenvalue weighted by Gasteiger charge is -2.01. The Labute approximate surface area is 75.3 Å². The Morgan fingerprint density at radius 1 is 1.36 bits per heavy atom. The Bertz CT molecular complexity index is 396. The van der Waals surface area contributed by atoms with E-state index in [9.17, 15) is 23.3 Å². The Kier molecular flexibility index (Phi) is 2.54. The van der Waals surface area contributed by atoms with E-state index in [1.807, 2.05) is 0 Å². The zero-order valence-electron chi connectivity index (χ0n) is 6.75. The maximum Gasteiger partial charge on any atom is 0.350 e. The first-order valence-electron chi connectivity index (χ1n) is 3.22. The van der Waals surface area contributed by atoms with E-state index >= 15 is 0 Å². The zero-order chi connectivity index (χ0) is 10.9. The van der Waals surface area contributed by atoms with Crippen molar-refractivity contribution in [1.82, 2.24) is 4.98 Å². The summed E-state index contributed by atoms with van der Waals surface area (Å²) in [5, 5.41) is 10.1. The van der Waals surface area contributed by atoms with Gasteiger partial charge in [-0.25, -0.2) is 0 Å². The predicted octanol–water partition coefficient (Wildman–Crippen LogP) is 1.42. The fourth-order valence-electron chi connectivity index (χ4n) is 0.778. The molecule has 0 N–H and O–H groups in total. The summed E-state index contributed by atoms with van der Waals surface area (Å²) >= 11 is 0. The van der Waals surface area contributed by atoms with Gasteiger partial charge in [-0.1, -0.05) is 0 Å². The summed E-state index contributed by atoms with van der Waals surface area (Å²) in [4.78, 5) is 11.4. The first kappa shape index (κ1) is 10.2. The molecule has 0 spiro atoms. The number of halogens is 3. The van der Waals surface area contributed by atoms with Gasteiger partial charge in [-0.2, -0.15) is 18.2 Å². The van der Waals surface area contributed by atoms with Gasteiger partial charge >= 0.3 is 5.69 Å². The van der Waals surface area contributed by atoms with E-state index in [1.54, 1.807) is 0 Å². The van der Waals surface area contributed by atoms with Gasteiger partial charge in [0.05, 0.1) is 12.0 Å². The molecule has 0 fully saturated rings. The molecule has 0 aromatic carbocycles. The van der Waals surface area contributed by atoms with Crippen LogP contribution in [0.4, 0.5) is 18.9 Å². The summed E-state index contributed by atoms with van der Waals surface area (Å²) < 4.78 is 42.3. The number of hydrogen-bond acceptors (Lipinski definition) is 4. The van der Waals surface area contributed by atoms with E-state index in [-0.39, 0.29) is 0 Å². The number of rotatable bonds is 2. The summed E-state index contributed by atoms with van der Waals surface area (Å²) in [7, 11) is 0.923. The first-order chi connectivity index (χ1) is 6.49. The van der Waals surface area contributed by atoms with Crippen LogP contribution < -0.4 is 4.74 Å². The van der Waals surface area contributed by atoms with Crippen LogP contribution in [0.2, 0.25) is 0 Å². The highest BCUT2D eigenvalue weighted by molar-refractivity contribution is 5.37. The lowest BCUT2D eigenvalue weighted by molar-refractivity contribution is -0.390. The molecule has 0 atom stereocenters. The van der Waals surface area contributed by atoms with Gasteiger partial charge in [0, 0.05) is 0 Å². The van der Waals surface area contributed by atoms with E-state index in [2.05, 4.69) is 9.72 Å². The average Bonchev–Trinajstić information content (AvgIpc) is 2.11. The summed E-state index contributed by atoms with van der Waals surface area (Å²) in [5.41, 5.74) is -1.62. The minimum absolute atomic E-state index is 0.923. The lowest BCUT2D eigenvalue weighted by Crippen LogP contribution is -2.05. The second kappa shape index (κ2) is 3.48. The number of aromatic nitrogens is 1. The molecule has 0 aliphatic rings. The van der Waals surface area contributed by atoms with Crippen LogP contribution in [0, 0.1) is 27.7 Å². The fraction of sp³-hybridized carbons (Fsp3) is 0.167. The monoisotopic (exact) mass is 208 g/mol. The SMILES string of the molecule is COc1nc(F)c(F)c([N+](=O)[O-])c1F. The lowest BCUT2D eigenvalue weighted by atomic mass is 10.3. The zero-order valence-corrected chi connectivity index (χ0v) is 6.75. The number of ether oxygens (including phenoxy) is 1. The molecule has 0 radical (unpaired) electrons. The molecule has 0 aliphatic carbocycles. The van der Waals surface area contributed by atoms with E-state index in [1.165, 1.54) is 0 Å². The highest BCUT2D eigenvalue weighted by Crippen LogP contribution is 2.28. The second-order valence-corrected chi connectivity index (χ2v) is 2.15. The van der Waals surface area contributed by atoms with Gasteiger partial charge in [-0.05, 0) is 0 Å². The van der Waals surface area contributed by atoms with Crippen molar-refractivity contribution >= 4 is 5.69 Å². The minimum Gasteiger partial charge on any atom is -0.479 e. The van der Waals surface area contributed by atoms with Crippen molar-refractivity contribution in [3.05, 3.63) is 27.7 Å². The first-order valence-corrected chi connectivity index (χ1v) is 3.22. The summed E-state index contributed by atoms with van der Waals surface area (Å²) in [5.74, 6) is -6.34. The molecule has 1 heterocycles. The molecular weight excluding hydrogens is 205 g/mol. The van der Waals surface area contributed by atoms with Crippen molar-refractivity contribution in [3.63, 3.8) is 0 Å². The van der Waals surface area contributed by atoms with Crippen LogP contribution in [0.1, 0.15) is 0 Å². The third-order valence-corrected chi connectivity index (χ3v) is 1.36. The Balaban J connectivity index is 3.53. The highest BCUT2D eigenvalue weighted by Gasteiger charge is 2.30. The molecule has 0 bridgehead atoms. The van der Waals surface area contributed by atoms with Crippen molar-refractivity contribution < 1.29 is 22.8 Å². The minimum atomic E-state index is -1.95. The molecular formula is C6H3F3N2O3. The van der Waals surface area contributed by atoms with Crippen LogP contribution in [0.25, 0.3) is 0 Å². The Morgan fingerprint density at radius 3 is 2.36 bits per heavy atom. The van der Waals surface area contributed by atoms with Crippen LogP contribution in [0.15, 0.2) is 0 Å². The Hall–Kier alpha value is -1.86. The standard InChI is InChI=1S/C6H3F3N2O3/c1-14-6-3(8)4(11(12)13)2(7)5(9)10-6/h1H3. The van der Waals surface area contributed by atoms with Crippen molar-refractivity contribution in [1.29, 1.82) is 0 Å². The van der Waals surface area contributed by atoms with Crippen LogP contribution in [-0.2, 0) is 0 Å². The molecule has 0 unspecified atom stereocenters. The molecule has 1 rings (SSSR count). The van der Waals surface area contributed by atoms with E-state index in [0.29, 0.717) is 0 Å². The number of methoxy groups -OCH3 is 1. The molecule has 0 aliphatic heterocycles. The van der Waals surface area contributed by atoms with Crippen molar-refractivity contribution in [2.75, 3.05) is 7.11 Å². The smallest absolute Gasteiger partial charge is 0.350 e. The van der Waals surface area contributed by atoms with Gasteiger partial charge in [-0.15, -0.1) is 0 Å². The summed E-state index contributed by atoms with van der Waals surface area (Å²) in [6.45, 7) is 0. The number of nitro groups is 1. The van der Waals surface area contributed by atoms with Crippen molar-refractivity contribution in [2.24, 2.45) is 0 Å². The van der Waals surface area contributed by atoms with Crippen LogP contribution >= 0.6 is 0 Å². The maximum absolute atomic E-state index is 12.9. The molecule has 1 aromatic rings. The van der Waals surface area contributed by atoms with Crippen LogP contribution in [-0.4, -0.2) is 17.0 Å². The molecule has 1 aromatic heterocycles. The van der Waals surface area contributed by atoms with Gasteiger partial charge in [-0.3, -0.25) is 10.1 Å². The summed E-state index contributed by atoms with van der Waals surface area (Å²) in [6, 6.07) is 0. The van der Waals surface area contributed by atoms with Gasteiger partial charge in [0.15, 0.2) is 0 Å². The largest absolute Gasteiger partial charge is 0.479 e. The van der Waals surface area contributed by atoms with Gasteiger partial charge in [0.1, 0.15) is 0 Å². The van der Waals surface area contributed by atoms with Gasteiger partial charge in [0.25, 0.3) is 23.5 Å². The van der Waals surface area contributed by atoms with Gasteiger partial charge < -0.3 is 4.74 Å². The topological polar surface area (TPSA) is 65.3 Å². The highest BCUT2D eigenvalue weighted by atomic mass is 19.2. The maximum atomic E-state index is 12.9.